The van der Waals surface area contributed by atoms with Crippen LogP contribution in [0.4, 0.5) is 4.79 Å². The second kappa shape index (κ2) is 6.14. The number of carbonyl (C=O) groups is 2. The molecule has 0 aliphatic carbocycles. The topological polar surface area (TPSA) is 49.9 Å². The fourth-order valence-corrected chi connectivity index (χ4v) is 1.74. The van der Waals surface area contributed by atoms with Crippen LogP contribution in [0.15, 0.2) is 12.3 Å². The Balaban J connectivity index is 2.88. The Kier molecular flexibility index (Phi) is 5.05. The van der Waals surface area contributed by atoms with Crippen molar-refractivity contribution in [3.8, 4) is 0 Å². The monoisotopic (exact) mass is 284 g/mol. The number of carbonyl (C=O) groups excluding carboxylic acids is 2. The van der Waals surface area contributed by atoms with Crippen LogP contribution in [0.5, 0.6) is 0 Å². The third-order valence-electron chi connectivity index (χ3n) is 2.28. The van der Waals surface area contributed by atoms with Crippen molar-refractivity contribution >= 4 is 29.1 Å². The number of hydrazine groups is 1. The first-order valence-corrected chi connectivity index (χ1v) is 6.69. The lowest BCUT2D eigenvalue weighted by atomic mass is 10.2. The van der Waals surface area contributed by atoms with E-state index in [-0.39, 0.29) is 12.3 Å². The van der Waals surface area contributed by atoms with E-state index in [0.717, 1.165) is 6.42 Å². The first-order chi connectivity index (χ1) is 8.74. The van der Waals surface area contributed by atoms with Crippen molar-refractivity contribution in [1.29, 1.82) is 0 Å². The molecule has 5 nitrogen and oxygen atoms in total. The van der Waals surface area contributed by atoms with Crippen molar-refractivity contribution in [2.45, 2.75) is 46.1 Å². The minimum absolute atomic E-state index is 0.148. The van der Waals surface area contributed by atoms with Crippen molar-refractivity contribution in [3.05, 3.63) is 12.3 Å². The number of rotatable bonds is 3. The molecule has 0 saturated carbocycles. The lowest BCUT2D eigenvalue weighted by Crippen LogP contribution is -2.50. The fraction of sp³-hybridized carbons (Fsp3) is 0.615. The van der Waals surface area contributed by atoms with Crippen LogP contribution < -0.4 is 0 Å². The molecule has 0 radical (unpaired) electrons. The van der Waals surface area contributed by atoms with Gasteiger partial charge in [-0.05, 0) is 33.3 Å². The zero-order chi connectivity index (χ0) is 14.6. The third-order valence-corrected chi connectivity index (χ3v) is 2.56. The molecule has 0 aromatic heterocycles. The highest BCUT2D eigenvalue weighted by molar-refractivity contribution is 7.80. The van der Waals surface area contributed by atoms with E-state index in [1.807, 2.05) is 6.92 Å². The number of allylic oxidation sites excluding steroid dienone is 1. The fourth-order valence-electron chi connectivity index (χ4n) is 1.55. The van der Waals surface area contributed by atoms with Gasteiger partial charge in [0.2, 0.25) is 0 Å². The van der Waals surface area contributed by atoms with Gasteiger partial charge in [-0.25, -0.2) is 14.8 Å². The van der Waals surface area contributed by atoms with E-state index >= 15 is 0 Å². The molecule has 1 aliphatic rings. The average molecular weight is 284 g/mol. The second-order valence-electron chi connectivity index (χ2n) is 5.30. The molecule has 0 unspecified atom stereocenters. The number of hydrogen-bond acceptors (Lipinski definition) is 4. The maximum absolute atomic E-state index is 12.1. The Labute approximate surface area is 119 Å². The molecule has 0 aromatic rings. The summed E-state index contributed by atoms with van der Waals surface area (Å²) < 4.78 is 5.31. The molecular formula is C13H20N2O3S. The molecule has 0 fully saturated rings. The van der Waals surface area contributed by atoms with Crippen LogP contribution in [0.2, 0.25) is 0 Å². The molecule has 6 heteroatoms. The van der Waals surface area contributed by atoms with Gasteiger partial charge in [0.1, 0.15) is 5.60 Å². The summed E-state index contributed by atoms with van der Waals surface area (Å²) in [6.07, 6.45) is 3.52. The highest BCUT2D eigenvalue weighted by atomic mass is 32.1. The molecule has 19 heavy (non-hydrogen) atoms. The van der Waals surface area contributed by atoms with Crippen LogP contribution in [-0.4, -0.2) is 39.0 Å². The van der Waals surface area contributed by atoms with E-state index in [1.54, 1.807) is 26.8 Å². The third kappa shape index (κ3) is 4.63. The molecule has 0 saturated heterocycles. The molecule has 106 valence electrons. The number of hydrogen-bond donors (Lipinski definition) is 0. The second-order valence-corrected chi connectivity index (χ2v) is 5.82. The van der Waals surface area contributed by atoms with Crippen LogP contribution in [0, 0.1) is 0 Å². The molecular weight excluding hydrogens is 264 g/mol. The van der Waals surface area contributed by atoms with Gasteiger partial charge in [0, 0.05) is 17.6 Å². The van der Waals surface area contributed by atoms with Crippen LogP contribution in [0.25, 0.3) is 0 Å². The first kappa shape index (κ1) is 15.6. The first-order valence-electron chi connectivity index (χ1n) is 6.28. The lowest BCUT2D eigenvalue weighted by molar-refractivity contribution is -0.140. The molecule has 1 heterocycles. The molecule has 0 bridgehead atoms. The van der Waals surface area contributed by atoms with Crippen molar-refractivity contribution in [3.63, 3.8) is 0 Å². The van der Waals surface area contributed by atoms with Gasteiger partial charge < -0.3 is 4.74 Å². The zero-order valence-corrected chi connectivity index (χ0v) is 12.6. The predicted molar refractivity (Wildman–Crippen MR) is 76.4 cm³/mol. The highest BCUT2D eigenvalue weighted by Gasteiger charge is 2.30. The Morgan fingerprint density at radius 2 is 2.16 bits per heavy atom. The molecule has 0 spiro atoms. The summed E-state index contributed by atoms with van der Waals surface area (Å²) in [6.45, 7) is 7.71. The van der Waals surface area contributed by atoms with Crippen molar-refractivity contribution in [2.75, 3.05) is 6.54 Å². The van der Waals surface area contributed by atoms with Gasteiger partial charge in [0.05, 0.1) is 6.42 Å². The SMILES string of the molecule is CCCN(C(=O)OC(C)(C)C)N1C=CC(=S)CC1=O. The van der Waals surface area contributed by atoms with Crippen LogP contribution in [0.3, 0.4) is 0 Å². The summed E-state index contributed by atoms with van der Waals surface area (Å²) in [5.41, 5.74) is -0.596. The summed E-state index contributed by atoms with van der Waals surface area (Å²) in [5, 5.41) is 2.60. The summed E-state index contributed by atoms with van der Waals surface area (Å²) in [4.78, 5) is 24.6. The highest BCUT2D eigenvalue weighted by Crippen LogP contribution is 2.16. The van der Waals surface area contributed by atoms with E-state index in [1.165, 1.54) is 16.2 Å². The summed E-state index contributed by atoms with van der Waals surface area (Å²) >= 11 is 4.97. The molecule has 1 rings (SSSR count). The maximum Gasteiger partial charge on any atom is 0.429 e. The smallest absolute Gasteiger partial charge is 0.429 e. The van der Waals surface area contributed by atoms with Crippen LogP contribution >= 0.6 is 12.2 Å². The van der Waals surface area contributed by atoms with Gasteiger partial charge >= 0.3 is 6.09 Å². The predicted octanol–water partition coefficient (Wildman–Crippen LogP) is 2.66. The van der Waals surface area contributed by atoms with Crippen LogP contribution in [0.1, 0.15) is 40.5 Å². The van der Waals surface area contributed by atoms with E-state index in [4.69, 9.17) is 17.0 Å². The van der Waals surface area contributed by atoms with E-state index in [9.17, 15) is 9.59 Å². The summed E-state index contributed by atoms with van der Waals surface area (Å²) in [7, 11) is 0. The minimum atomic E-state index is -0.596. The number of amides is 2. The Morgan fingerprint density at radius 1 is 1.53 bits per heavy atom. The average Bonchev–Trinajstić information content (AvgIpc) is 2.24. The molecule has 0 N–H and O–H groups in total. The van der Waals surface area contributed by atoms with Crippen LogP contribution in [-0.2, 0) is 9.53 Å². The van der Waals surface area contributed by atoms with Crippen molar-refractivity contribution in [1.82, 2.24) is 10.0 Å². The Bertz CT molecular complexity index is 413. The summed E-state index contributed by atoms with van der Waals surface area (Å²) in [6, 6.07) is 0. The minimum Gasteiger partial charge on any atom is -0.442 e. The molecule has 2 amide bonds. The van der Waals surface area contributed by atoms with Gasteiger partial charge in [0.15, 0.2) is 0 Å². The Morgan fingerprint density at radius 3 is 2.63 bits per heavy atom. The van der Waals surface area contributed by atoms with Gasteiger partial charge in [-0.3, -0.25) is 4.79 Å². The van der Waals surface area contributed by atoms with E-state index in [0.29, 0.717) is 11.4 Å². The Hall–Kier alpha value is -1.43. The van der Waals surface area contributed by atoms with Gasteiger partial charge in [-0.1, -0.05) is 19.1 Å². The number of thiocarbonyl (C=S) groups is 1. The molecule has 0 aromatic carbocycles. The van der Waals surface area contributed by atoms with Crippen molar-refractivity contribution in [2.24, 2.45) is 0 Å². The summed E-state index contributed by atoms with van der Waals surface area (Å²) in [5.74, 6) is -0.216. The van der Waals surface area contributed by atoms with Crippen molar-refractivity contribution < 1.29 is 14.3 Å². The molecule has 0 atom stereocenters. The quantitative estimate of drug-likeness (QED) is 0.748. The maximum atomic E-state index is 12.1. The largest absolute Gasteiger partial charge is 0.442 e. The van der Waals surface area contributed by atoms with E-state index < -0.39 is 11.7 Å². The van der Waals surface area contributed by atoms with Gasteiger partial charge in [-0.15, -0.1) is 0 Å². The molecule has 1 aliphatic heterocycles. The zero-order valence-electron chi connectivity index (χ0n) is 11.8. The van der Waals surface area contributed by atoms with Gasteiger partial charge in [0.25, 0.3) is 5.91 Å². The number of nitrogens with zero attached hydrogens (tertiary/aromatic N) is 2. The lowest BCUT2D eigenvalue weighted by Gasteiger charge is -2.34. The van der Waals surface area contributed by atoms with E-state index in [2.05, 4.69) is 0 Å². The normalized spacial score (nSPS) is 15.7. The van der Waals surface area contributed by atoms with Gasteiger partial charge in [-0.2, -0.15) is 0 Å². The standard InChI is InChI=1S/C13H20N2O3S/c1-5-7-15(12(17)18-13(2,3)4)14-8-6-10(19)9-11(14)16/h6,8H,5,7,9H2,1-4H3. The number of ether oxygens (including phenoxy) is 1.